The number of nitrogens with two attached hydrogens (primary N) is 1. The standard InChI is InChI=1S/C26H34FN5O2/c1-3-18(19-4-8-21(27)9-5-19)16-23(17(2)28)32-24(33)20-6-10-22(11-7-20)31-25(34)26(29)12-14-30-15-13-26/h3-4,6-8,10-11,16,18,25,28,30-31,34H,1,5,9,12-15,29H2,2H3,(H,32,33)/b23-16+,28-17?. The Morgan fingerprint density at radius 3 is 2.50 bits per heavy atom. The summed E-state index contributed by atoms with van der Waals surface area (Å²) in [5.41, 5.74) is 8.26. The second-order valence-electron chi connectivity index (χ2n) is 8.88. The van der Waals surface area contributed by atoms with Crippen LogP contribution >= 0.6 is 0 Å². The predicted molar refractivity (Wildman–Crippen MR) is 134 cm³/mol. The maximum Gasteiger partial charge on any atom is 0.255 e. The third-order valence-electron chi connectivity index (χ3n) is 6.34. The molecule has 1 aromatic carbocycles. The fourth-order valence-electron chi connectivity index (χ4n) is 4.05. The number of amides is 1. The molecule has 2 unspecified atom stereocenters. The molecule has 34 heavy (non-hydrogen) atoms. The van der Waals surface area contributed by atoms with Crippen molar-refractivity contribution in [1.29, 1.82) is 5.41 Å². The van der Waals surface area contributed by atoms with E-state index in [4.69, 9.17) is 11.1 Å². The van der Waals surface area contributed by atoms with E-state index >= 15 is 0 Å². The summed E-state index contributed by atoms with van der Waals surface area (Å²) in [6.07, 6.45) is 7.98. The Bertz CT molecular complexity index is 1010. The van der Waals surface area contributed by atoms with Crippen LogP contribution in [0.1, 0.15) is 43.0 Å². The van der Waals surface area contributed by atoms with Crippen LogP contribution in [0.4, 0.5) is 10.1 Å². The van der Waals surface area contributed by atoms with Crippen LogP contribution in [0.2, 0.25) is 0 Å². The highest BCUT2D eigenvalue weighted by Gasteiger charge is 2.35. The van der Waals surface area contributed by atoms with Crippen molar-refractivity contribution < 1.29 is 14.3 Å². The van der Waals surface area contributed by atoms with Gasteiger partial charge in [-0.1, -0.05) is 17.7 Å². The van der Waals surface area contributed by atoms with Crippen molar-refractivity contribution in [2.24, 2.45) is 11.7 Å². The minimum Gasteiger partial charge on any atom is -0.372 e. The van der Waals surface area contributed by atoms with Gasteiger partial charge in [0.1, 0.15) is 12.1 Å². The molecule has 0 aromatic heterocycles. The number of hydrogen-bond acceptors (Lipinski definition) is 6. The zero-order chi connectivity index (χ0) is 24.7. The zero-order valence-corrected chi connectivity index (χ0v) is 19.5. The van der Waals surface area contributed by atoms with Gasteiger partial charge in [-0.3, -0.25) is 4.79 Å². The summed E-state index contributed by atoms with van der Waals surface area (Å²) in [6.45, 7) is 6.97. The number of benzene rings is 1. The molecule has 0 spiro atoms. The molecule has 1 aromatic rings. The Hall–Kier alpha value is -3.07. The first kappa shape index (κ1) is 25.6. The molecule has 0 bridgehead atoms. The lowest BCUT2D eigenvalue weighted by atomic mass is 9.87. The number of hydrogen-bond donors (Lipinski definition) is 6. The van der Waals surface area contributed by atoms with Crippen LogP contribution in [0, 0.1) is 11.3 Å². The number of allylic oxidation sites excluding steroid dienone is 7. The van der Waals surface area contributed by atoms with Gasteiger partial charge in [-0.2, -0.15) is 0 Å². The molecule has 7 N–H and O–H groups in total. The fraction of sp³-hybridized carbons (Fsp3) is 0.385. The van der Waals surface area contributed by atoms with Crippen molar-refractivity contribution in [2.75, 3.05) is 18.4 Å². The van der Waals surface area contributed by atoms with Gasteiger partial charge in [0.15, 0.2) is 0 Å². The lowest BCUT2D eigenvalue weighted by molar-refractivity contribution is 0.0859. The van der Waals surface area contributed by atoms with Crippen LogP contribution < -0.4 is 21.7 Å². The van der Waals surface area contributed by atoms with Crippen molar-refractivity contribution in [1.82, 2.24) is 10.6 Å². The van der Waals surface area contributed by atoms with E-state index < -0.39 is 11.8 Å². The maximum atomic E-state index is 13.3. The molecule has 1 amide bonds. The number of rotatable bonds is 9. The first-order valence-corrected chi connectivity index (χ1v) is 11.5. The molecule has 0 saturated carbocycles. The van der Waals surface area contributed by atoms with E-state index in [2.05, 4.69) is 22.5 Å². The van der Waals surface area contributed by atoms with Gasteiger partial charge in [-0.15, -0.1) is 6.58 Å². The van der Waals surface area contributed by atoms with Crippen molar-refractivity contribution in [3.63, 3.8) is 0 Å². The highest BCUT2D eigenvalue weighted by Crippen LogP contribution is 2.27. The molecule has 2 aliphatic rings. The summed E-state index contributed by atoms with van der Waals surface area (Å²) in [5.74, 6) is -0.730. The number of nitrogens with one attached hydrogen (secondary N) is 4. The van der Waals surface area contributed by atoms with Crippen LogP contribution in [0.25, 0.3) is 0 Å². The molecule has 1 aliphatic heterocycles. The zero-order valence-electron chi connectivity index (χ0n) is 19.5. The SMILES string of the molecule is C=CC(/C=C(/NC(=O)c1ccc(NC(O)C2(N)CCNCC2)cc1)C(C)=N)C1=CC=C(F)CC1. The summed E-state index contributed by atoms with van der Waals surface area (Å²) in [7, 11) is 0. The Kier molecular flexibility index (Phi) is 8.55. The van der Waals surface area contributed by atoms with Gasteiger partial charge in [-0.05, 0) is 75.7 Å². The summed E-state index contributed by atoms with van der Waals surface area (Å²) >= 11 is 0. The second kappa shape index (κ2) is 11.4. The van der Waals surface area contributed by atoms with Gasteiger partial charge in [0, 0.05) is 23.6 Å². The summed E-state index contributed by atoms with van der Waals surface area (Å²) in [4.78, 5) is 12.8. The predicted octanol–water partition coefficient (Wildman–Crippen LogP) is 3.53. The van der Waals surface area contributed by atoms with Crippen molar-refractivity contribution in [3.05, 3.63) is 77.8 Å². The first-order valence-electron chi connectivity index (χ1n) is 11.5. The monoisotopic (exact) mass is 467 g/mol. The summed E-state index contributed by atoms with van der Waals surface area (Å²) in [5, 5.41) is 27.7. The van der Waals surface area contributed by atoms with E-state index in [1.165, 1.54) is 6.08 Å². The van der Waals surface area contributed by atoms with Crippen LogP contribution in [0.15, 0.2) is 72.2 Å². The minimum atomic E-state index is -0.905. The van der Waals surface area contributed by atoms with E-state index in [0.717, 1.165) is 18.7 Å². The van der Waals surface area contributed by atoms with Gasteiger partial charge in [-0.25, -0.2) is 4.39 Å². The summed E-state index contributed by atoms with van der Waals surface area (Å²) < 4.78 is 13.3. The molecular weight excluding hydrogens is 433 g/mol. The Morgan fingerprint density at radius 1 is 1.26 bits per heavy atom. The number of carbonyl (C=O) groups is 1. The van der Waals surface area contributed by atoms with Crippen LogP contribution in [-0.4, -0.2) is 41.6 Å². The van der Waals surface area contributed by atoms with Gasteiger partial charge < -0.3 is 32.2 Å². The third-order valence-corrected chi connectivity index (χ3v) is 6.34. The molecule has 1 saturated heterocycles. The third kappa shape index (κ3) is 6.50. The lowest BCUT2D eigenvalue weighted by Gasteiger charge is -2.38. The number of halogens is 1. The van der Waals surface area contributed by atoms with E-state index in [-0.39, 0.29) is 23.4 Å². The second-order valence-corrected chi connectivity index (χ2v) is 8.88. The fourth-order valence-corrected chi connectivity index (χ4v) is 4.05. The van der Waals surface area contributed by atoms with Crippen LogP contribution in [0.3, 0.4) is 0 Å². The highest BCUT2D eigenvalue weighted by molar-refractivity contribution is 6.04. The van der Waals surface area contributed by atoms with E-state index in [9.17, 15) is 14.3 Å². The first-order chi connectivity index (χ1) is 16.2. The van der Waals surface area contributed by atoms with Crippen LogP contribution in [-0.2, 0) is 0 Å². The average Bonchev–Trinajstić information content (AvgIpc) is 2.83. The molecule has 7 nitrogen and oxygen atoms in total. The maximum absolute atomic E-state index is 13.3. The summed E-state index contributed by atoms with van der Waals surface area (Å²) in [6, 6.07) is 6.72. The number of anilines is 1. The van der Waals surface area contributed by atoms with E-state index in [1.54, 1.807) is 49.4 Å². The molecule has 0 radical (unpaired) electrons. The van der Waals surface area contributed by atoms with E-state index in [0.29, 0.717) is 42.6 Å². The normalized spacial score (nSPS) is 19.8. The lowest BCUT2D eigenvalue weighted by Crippen LogP contribution is -2.59. The van der Waals surface area contributed by atoms with Crippen molar-refractivity contribution in [2.45, 2.75) is 44.4 Å². The van der Waals surface area contributed by atoms with Crippen molar-refractivity contribution >= 4 is 17.3 Å². The minimum absolute atomic E-state index is 0.157. The quantitative estimate of drug-likeness (QED) is 0.188. The Morgan fingerprint density at radius 2 is 1.94 bits per heavy atom. The number of aliphatic hydroxyl groups excluding tert-OH is 1. The molecule has 1 heterocycles. The number of piperidine rings is 1. The van der Waals surface area contributed by atoms with Gasteiger partial charge >= 0.3 is 0 Å². The Labute approximate surface area is 200 Å². The molecule has 182 valence electrons. The topological polar surface area (TPSA) is 123 Å². The number of aliphatic hydroxyl groups is 1. The molecule has 1 aliphatic carbocycles. The molecule has 2 atom stereocenters. The Balaban J connectivity index is 1.67. The van der Waals surface area contributed by atoms with Gasteiger partial charge in [0.2, 0.25) is 0 Å². The van der Waals surface area contributed by atoms with Gasteiger partial charge in [0.25, 0.3) is 5.91 Å². The smallest absolute Gasteiger partial charge is 0.255 e. The van der Waals surface area contributed by atoms with E-state index in [1.807, 2.05) is 0 Å². The highest BCUT2D eigenvalue weighted by atomic mass is 19.1. The molecule has 3 rings (SSSR count). The van der Waals surface area contributed by atoms with Crippen LogP contribution in [0.5, 0.6) is 0 Å². The largest absolute Gasteiger partial charge is 0.372 e. The molecule has 1 fully saturated rings. The molecule has 8 heteroatoms. The average molecular weight is 468 g/mol. The molecular formula is C26H34FN5O2. The van der Waals surface area contributed by atoms with Crippen molar-refractivity contribution in [3.8, 4) is 0 Å². The number of carbonyl (C=O) groups excluding carboxylic acids is 1. The van der Waals surface area contributed by atoms with Gasteiger partial charge in [0.05, 0.1) is 16.9 Å².